The van der Waals surface area contributed by atoms with Crippen LogP contribution in [-0.4, -0.2) is 38.0 Å². The number of esters is 1. The molecule has 0 atom stereocenters. The fraction of sp³-hybridized carbons (Fsp3) is 0.696. The third-order valence-electron chi connectivity index (χ3n) is 5.90. The Morgan fingerprint density at radius 1 is 1.17 bits per heavy atom. The van der Waals surface area contributed by atoms with Crippen LogP contribution in [0.3, 0.4) is 0 Å². The Hall–Kier alpha value is -1.66. The highest BCUT2D eigenvalue weighted by Gasteiger charge is 2.50. The maximum absolute atomic E-state index is 14.1. The Balaban J connectivity index is 1.53. The van der Waals surface area contributed by atoms with Crippen molar-refractivity contribution in [1.82, 2.24) is 0 Å². The molecule has 3 aliphatic rings. The number of rotatable bonds is 8. The van der Waals surface area contributed by atoms with Gasteiger partial charge < -0.3 is 18.9 Å². The van der Waals surface area contributed by atoms with Crippen molar-refractivity contribution in [3.05, 3.63) is 29.6 Å². The average Bonchev–Trinajstić information content (AvgIpc) is 2.65. The summed E-state index contributed by atoms with van der Waals surface area (Å²) in [5.41, 5.74) is 0.0244. The van der Waals surface area contributed by atoms with Crippen molar-refractivity contribution in [2.24, 2.45) is 5.41 Å². The van der Waals surface area contributed by atoms with Crippen molar-refractivity contribution in [1.29, 1.82) is 0 Å². The highest BCUT2D eigenvalue weighted by atomic mass is 19.1. The molecule has 0 spiro atoms. The van der Waals surface area contributed by atoms with Crippen LogP contribution < -0.4 is 4.74 Å². The summed E-state index contributed by atoms with van der Waals surface area (Å²) in [5.74, 6) is -0.0749. The van der Waals surface area contributed by atoms with Gasteiger partial charge in [-0.15, -0.1) is 0 Å². The first-order valence-electron chi connectivity index (χ1n) is 10.5. The summed E-state index contributed by atoms with van der Waals surface area (Å²) in [6.07, 6.45) is 4.56. The molecule has 0 radical (unpaired) electrons. The zero-order chi connectivity index (χ0) is 21.1. The topological polar surface area (TPSA) is 54.0 Å². The van der Waals surface area contributed by atoms with Crippen molar-refractivity contribution in [2.45, 2.75) is 71.0 Å². The van der Waals surface area contributed by atoms with E-state index in [4.69, 9.17) is 18.9 Å². The number of halogens is 1. The van der Waals surface area contributed by atoms with E-state index in [1.807, 2.05) is 33.8 Å². The molecule has 162 valence electrons. The number of carbonyl (C=O) groups excluding carboxylic acids is 1. The second kappa shape index (κ2) is 8.60. The predicted molar refractivity (Wildman–Crippen MR) is 107 cm³/mol. The largest absolute Gasteiger partial charge is 0.494 e. The van der Waals surface area contributed by atoms with Crippen LogP contribution in [0.2, 0.25) is 0 Å². The lowest BCUT2D eigenvalue weighted by molar-refractivity contribution is -0.195. The number of hydrogen-bond donors (Lipinski definition) is 0. The second-order valence-corrected chi connectivity index (χ2v) is 9.28. The number of benzene rings is 1. The number of fused-ring (bicyclic) bond motifs is 3. The van der Waals surface area contributed by atoms with Crippen LogP contribution in [0.25, 0.3) is 0 Å². The molecule has 0 N–H and O–H groups in total. The van der Waals surface area contributed by atoms with Gasteiger partial charge in [-0.3, -0.25) is 0 Å². The van der Waals surface area contributed by atoms with Crippen molar-refractivity contribution in [3.8, 4) is 5.75 Å². The summed E-state index contributed by atoms with van der Waals surface area (Å²) < 4.78 is 36.7. The second-order valence-electron chi connectivity index (χ2n) is 9.28. The first kappa shape index (κ1) is 22.0. The number of carbonyl (C=O) groups is 1. The lowest BCUT2D eigenvalue weighted by Crippen LogP contribution is -2.49. The minimum atomic E-state index is -0.498. The van der Waals surface area contributed by atoms with Crippen LogP contribution in [0, 0.1) is 11.2 Å². The average molecular weight is 409 g/mol. The minimum absolute atomic E-state index is 0.0261. The normalized spacial score (nSPS) is 26.4. The molecule has 1 aromatic rings. The molecule has 6 heteroatoms. The molecule has 0 aromatic heterocycles. The molecule has 1 aromatic carbocycles. The van der Waals surface area contributed by atoms with E-state index in [1.54, 1.807) is 6.07 Å². The van der Waals surface area contributed by atoms with Crippen molar-refractivity contribution in [3.63, 3.8) is 0 Å². The van der Waals surface area contributed by atoms with Gasteiger partial charge in [0.25, 0.3) is 0 Å². The zero-order valence-corrected chi connectivity index (χ0v) is 18.0. The van der Waals surface area contributed by atoms with Crippen molar-refractivity contribution >= 4 is 5.97 Å². The van der Waals surface area contributed by atoms with Crippen LogP contribution in [0.5, 0.6) is 5.75 Å². The number of ether oxygens (including phenoxy) is 4. The van der Waals surface area contributed by atoms with Crippen LogP contribution in [-0.2, 0) is 24.6 Å². The lowest BCUT2D eigenvalue weighted by atomic mass is 9.63. The van der Waals surface area contributed by atoms with Gasteiger partial charge in [-0.1, -0.05) is 0 Å². The highest BCUT2D eigenvalue weighted by molar-refractivity contribution is 5.71. The molecular formula is C23H33FO5. The SMILES string of the molecule is CCOc1cc(F)cc(C23CCC(CCOCC(=O)OC(C)(C)C)(CC2)CO3)c1. The van der Waals surface area contributed by atoms with Gasteiger partial charge in [0.1, 0.15) is 23.8 Å². The predicted octanol–water partition coefficient (Wildman–Crippen LogP) is 4.76. The highest BCUT2D eigenvalue weighted by Crippen LogP contribution is 2.55. The van der Waals surface area contributed by atoms with E-state index in [0.717, 1.165) is 37.7 Å². The first-order chi connectivity index (χ1) is 13.7. The fourth-order valence-corrected chi connectivity index (χ4v) is 4.35. The van der Waals surface area contributed by atoms with E-state index in [2.05, 4.69) is 0 Å². The Bertz CT molecular complexity index is 700. The van der Waals surface area contributed by atoms with Crippen molar-refractivity contribution < 1.29 is 28.1 Å². The summed E-state index contributed by atoms with van der Waals surface area (Å²) in [7, 11) is 0. The molecule has 2 saturated heterocycles. The van der Waals surface area contributed by atoms with Gasteiger partial charge in [-0.2, -0.15) is 0 Å². The van der Waals surface area contributed by atoms with Gasteiger partial charge in [0.2, 0.25) is 0 Å². The summed E-state index contributed by atoms with van der Waals surface area (Å²) in [6.45, 7) is 9.02. The molecule has 2 aliphatic heterocycles. The molecule has 0 amide bonds. The monoisotopic (exact) mass is 408 g/mol. The minimum Gasteiger partial charge on any atom is -0.494 e. The molecular weight excluding hydrogens is 375 g/mol. The maximum atomic E-state index is 14.1. The van der Waals surface area contributed by atoms with Crippen molar-refractivity contribution in [2.75, 3.05) is 26.4 Å². The molecule has 0 unspecified atom stereocenters. The van der Waals surface area contributed by atoms with Gasteiger partial charge >= 0.3 is 5.97 Å². The van der Waals surface area contributed by atoms with E-state index < -0.39 is 11.2 Å². The van der Waals surface area contributed by atoms with Crippen LogP contribution in [0.4, 0.5) is 4.39 Å². The molecule has 1 aliphatic carbocycles. The van der Waals surface area contributed by atoms with E-state index in [0.29, 0.717) is 25.6 Å². The van der Waals surface area contributed by atoms with Crippen LogP contribution in [0.15, 0.2) is 18.2 Å². The zero-order valence-electron chi connectivity index (χ0n) is 18.0. The first-order valence-corrected chi connectivity index (χ1v) is 10.5. The third-order valence-corrected chi connectivity index (χ3v) is 5.90. The Morgan fingerprint density at radius 2 is 1.90 bits per heavy atom. The molecule has 2 bridgehead atoms. The van der Waals surface area contributed by atoms with Gasteiger partial charge in [-0.05, 0) is 82.9 Å². The summed E-state index contributed by atoms with van der Waals surface area (Å²) >= 11 is 0. The number of hydrogen-bond acceptors (Lipinski definition) is 5. The molecule has 1 saturated carbocycles. The molecule has 5 nitrogen and oxygen atoms in total. The quantitative estimate of drug-likeness (QED) is 0.459. The van der Waals surface area contributed by atoms with Crippen LogP contribution in [0.1, 0.15) is 65.4 Å². The van der Waals surface area contributed by atoms with Gasteiger partial charge in [0.05, 0.1) is 18.8 Å². The smallest absolute Gasteiger partial charge is 0.332 e. The standard InChI is InChI=1S/C23H33FO5/c1-5-27-19-13-17(12-18(24)14-19)23-8-6-22(7-9-23,16-28-23)10-11-26-15-20(25)29-21(2,3)4/h12-14H,5-11,15-16H2,1-4H3. The Labute approximate surface area is 172 Å². The molecule has 29 heavy (non-hydrogen) atoms. The lowest BCUT2D eigenvalue weighted by Gasteiger charge is -2.53. The van der Waals surface area contributed by atoms with Gasteiger partial charge in [0, 0.05) is 12.7 Å². The van der Waals surface area contributed by atoms with E-state index in [9.17, 15) is 9.18 Å². The van der Waals surface area contributed by atoms with E-state index >= 15 is 0 Å². The summed E-state index contributed by atoms with van der Waals surface area (Å²) in [4.78, 5) is 11.8. The van der Waals surface area contributed by atoms with E-state index in [1.165, 1.54) is 6.07 Å². The summed E-state index contributed by atoms with van der Waals surface area (Å²) in [6, 6.07) is 4.90. The fourth-order valence-electron chi connectivity index (χ4n) is 4.35. The van der Waals surface area contributed by atoms with Gasteiger partial charge in [-0.25, -0.2) is 9.18 Å². The van der Waals surface area contributed by atoms with Crippen LogP contribution >= 0.6 is 0 Å². The molecule has 3 fully saturated rings. The Kier molecular flexibility index (Phi) is 6.54. The third kappa shape index (κ3) is 5.48. The van der Waals surface area contributed by atoms with E-state index in [-0.39, 0.29) is 23.8 Å². The summed E-state index contributed by atoms with van der Waals surface area (Å²) in [5, 5.41) is 0. The van der Waals surface area contributed by atoms with Gasteiger partial charge in [0.15, 0.2) is 0 Å². The Morgan fingerprint density at radius 3 is 2.48 bits per heavy atom. The molecule has 2 heterocycles. The molecule has 4 rings (SSSR count). The maximum Gasteiger partial charge on any atom is 0.332 e.